The van der Waals surface area contributed by atoms with Crippen LogP contribution < -0.4 is 25.0 Å². The zero-order chi connectivity index (χ0) is 21.4. The second-order valence-electron chi connectivity index (χ2n) is 8.51. The van der Waals surface area contributed by atoms with E-state index in [0.717, 1.165) is 50.2 Å². The minimum Gasteiger partial charge on any atom is -0.490 e. The molecule has 0 bridgehead atoms. The van der Waals surface area contributed by atoms with Crippen molar-refractivity contribution in [3.05, 3.63) is 48.0 Å². The van der Waals surface area contributed by atoms with E-state index in [1.54, 1.807) is 6.92 Å². The molecule has 2 aromatic rings. The van der Waals surface area contributed by atoms with Gasteiger partial charge in [0.25, 0.3) is 11.8 Å². The Morgan fingerprint density at radius 2 is 1.84 bits per heavy atom. The van der Waals surface area contributed by atoms with Crippen LogP contribution in [0.4, 0.5) is 11.4 Å². The second-order valence-corrected chi connectivity index (χ2v) is 8.51. The van der Waals surface area contributed by atoms with Gasteiger partial charge in [-0.2, -0.15) is 0 Å². The molecule has 0 radical (unpaired) electrons. The molecule has 3 aliphatic rings. The summed E-state index contributed by atoms with van der Waals surface area (Å²) in [6.07, 6.45) is 3.63. The van der Waals surface area contributed by atoms with E-state index in [1.165, 1.54) is 0 Å². The molecule has 5 rings (SSSR count). The fourth-order valence-electron chi connectivity index (χ4n) is 4.01. The number of amides is 2. The van der Waals surface area contributed by atoms with Gasteiger partial charge in [0.05, 0.1) is 5.69 Å². The highest BCUT2D eigenvalue weighted by Crippen LogP contribution is 2.34. The largest absolute Gasteiger partial charge is 0.490 e. The van der Waals surface area contributed by atoms with E-state index in [1.807, 2.05) is 42.5 Å². The Morgan fingerprint density at radius 3 is 2.55 bits per heavy atom. The van der Waals surface area contributed by atoms with Crippen LogP contribution in [0.5, 0.6) is 11.5 Å². The van der Waals surface area contributed by atoms with Gasteiger partial charge in [-0.05, 0) is 56.2 Å². The van der Waals surface area contributed by atoms with Crippen molar-refractivity contribution in [3.63, 3.8) is 0 Å². The molecule has 2 N–H and O–H groups in total. The molecule has 2 aromatic carbocycles. The van der Waals surface area contributed by atoms with Crippen LogP contribution in [0.1, 0.15) is 43.0 Å². The van der Waals surface area contributed by atoms with Gasteiger partial charge >= 0.3 is 0 Å². The van der Waals surface area contributed by atoms with Gasteiger partial charge in [-0.1, -0.05) is 0 Å². The Morgan fingerprint density at radius 1 is 1.10 bits per heavy atom. The van der Waals surface area contributed by atoms with Crippen LogP contribution in [-0.2, 0) is 4.79 Å². The summed E-state index contributed by atoms with van der Waals surface area (Å²) in [5.74, 6) is 1.28. The minimum absolute atomic E-state index is 0.0160. The van der Waals surface area contributed by atoms with E-state index in [4.69, 9.17) is 9.47 Å². The molecule has 31 heavy (non-hydrogen) atoms. The highest BCUT2D eigenvalue weighted by Gasteiger charge is 2.26. The first-order valence-electron chi connectivity index (χ1n) is 11.0. The van der Waals surface area contributed by atoms with Crippen LogP contribution in [0, 0.1) is 0 Å². The molecule has 0 spiro atoms. The Bertz CT molecular complexity index is 979. The van der Waals surface area contributed by atoms with E-state index >= 15 is 0 Å². The highest BCUT2D eigenvalue weighted by molar-refractivity contribution is 5.97. The van der Waals surface area contributed by atoms with Gasteiger partial charge in [0.1, 0.15) is 17.6 Å². The fraction of sp³-hybridized carbons (Fsp3) is 0.417. The number of fused-ring (bicyclic) bond motifs is 1. The molecule has 2 fully saturated rings. The maximum Gasteiger partial charge on any atom is 0.265 e. The van der Waals surface area contributed by atoms with E-state index in [-0.39, 0.29) is 17.9 Å². The van der Waals surface area contributed by atoms with Crippen LogP contribution in [0.25, 0.3) is 0 Å². The fourth-order valence-corrected chi connectivity index (χ4v) is 4.01. The van der Waals surface area contributed by atoms with Crippen LogP contribution in [0.3, 0.4) is 0 Å². The minimum atomic E-state index is -0.481. The van der Waals surface area contributed by atoms with Gasteiger partial charge < -0.3 is 25.0 Å². The van der Waals surface area contributed by atoms with Crippen molar-refractivity contribution in [2.75, 3.05) is 23.3 Å². The number of anilines is 2. The van der Waals surface area contributed by atoms with Crippen LogP contribution in [0.15, 0.2) is 42.5 Å². The van der Waals surface area contributed by atoms with Crippen LogP contribution >= 0.6 is 0 Å². The summed E-state index contributed by atoms with van der Waals surface area (Å²) < 4.78 is 11.8. The van der Waals surface area contributed by atoms with Gasteiger partial charge in [0.2, 0.25) is 0 Å². The zero-order valence-electron chi connectivity index (χ0n) is 17.6. The number of nitrogens with one attached hydrogen (secondary N) is 2. The van der Waals surface area contributed by atoms with Crippen molar-refractivity contribution >= 4 is 23.2 Å². The number of piperidine rings is 1. The number of hydrogen-bond donors (Lipinski definition) is 2. The number of rotatable bonds is 5. The van der Waals surface area contributed by atoms with Crippen molar-refractivity contribution in [1.29, 1.82) is 0 Å². The maximum absolute atomic E-state index is 12.2. The molecule has 2 heterocycles. The molecule has 1 atom stereocenters. The summed E-state index contributed by atoms with van der Waals surface area (Å²) in [5.41, 5.74) is 2.50. The lowest BCUT2D eigenvalue weighted by Crippen LogP contribution is -2.38. The second kappa shape index (κ2) is 8.13. The molecule has 1 saturated carbocycles. The number of hydrogen-bond acceptors (Lipinski definition) is 5. The average molecular weight is 421 g/mol. The summed E-state index contributed by atoms with van der Waals surface area (Å²) >= 11 is 0. The Balaban J connectivity index is 1.15. The van der Waals surface area contributed by atoms with E-state index in [2.05, 4.69) is 15.5 Å². The summed E-state index contributed by atoms with van der Waals surface area (Å²) in [6.45, 7) is 3.51. The van der Waals surface area contributed by atoms with Gasteiger partial charge in [-0.3, -0.25) is 9.59 Å². The first-order valence-corrected chi connectivity index (χ1v) is 11.0. The number of benzene rings is 2. The molecule has 162 valence electrons. The SMILES string of the molecule is CC1Oc2ccc(OC3CCN(c4ccc(C(=O)NC5CC5)cc4)CC3)cc2NC1=O. The summed E-state index contributed by atoms with van der Waals surface area (Å²) in [7, 11) is 0. The topological polar surface area (TPSA) is 79.9 Å². The molecule has 1 unspecified atom stereocenters. The van der Waals surface area contributed by atoms with Crippen molar-refractivity contribution in [1.82, 2.24) is 5.32 Å². The maximum atomic E-state index is 12.2. The first kappa shape index (κ1) is 19.7. The monoisotopic (exact) mass is 421 g/mol. The molecule has 1 saturated heterocycles. The van der Waals surface area contributed by atoms with Gasteiger partial charge in [-0.15, -0.1) is 0 Å². The van der Waals surface area contributed by atoms with E-state index in [9.17, 15) is 9.59 Å². The standard InChI is InChI=1S/C24H27N3O4/c1-15-23(28)26-21-14-20(8-9-22(21)30-15)31-19-10-12-27(13-11-19)18-6-2-16(3-7-18)24(29)25-17-4-5-17/h2-3,6-9,14-15,17,19H,4-5,10-13H2,1H3,(H,25,29)(H,26,28). The normalized spacial score (nSPS) is 21.0. The van der Waals surface area contributed by atoms with Crippen LogP contribution in [0.2, 0.25) is 0 Å². The van der Waals surface area contributed by atoms with Gasteiger partial charge in [0.15, 0.2) is 6.10 Å². The van der Waals surface area contributed by atoms with Crippen LogP contribution in [-0.4, -0.2) is 43.2 Å². The summed E-state index contributed by atoms with van der Waals surface area (Å²) in [5, 5.41) is 5.88. The lowest BCUT2D eigenvalue weighted by Gasteiger charge is -2.34. The predicted molar refractivity (Wildman–Crippen MR) is 118 cm³/mol. The highest BCUT2D eigenvalue weighted by atomic mass is 16.5. The molecule has 7 nitrogen and oxygen atoms in total. The molecular weight excluding hydrogens is 394 g/mol. The first-order chi connectivity index (χ1) is 15.0. The Hall–Kier alpha value is -3.22. The molecule has 2 aliphatic heterocycles. The van der Waals surface area contributed by atoms with Crippen molar-refractivity contribution < 1.29 is 19.1 Å². The number of carbonyl (C=O) groups is 2. The third-order valence-corrected chi connectivity index (χ3v) is 6.03. The third-order valence-electron chi connectivity index (χ3n) is 6.03. The van der Waals surface area contributed by atoms with Gasteiger partial charge in [0, 0.05) is 49.3 Å². The molecule has 7 heteroatoms. The predicted octanol–water partition coefficient (Wildman–Crippen LogP) is 3.35. The Labute approximate surface area is 181 Å². The lowest BCUT2D eigenvalue weighted by atomic mass is 10.1. The van der Waals surface area contributed by atoms with Crippen molar-refractivity contribution in [2.24, 2.45) is 0 Å². The average Bonchev–Trinajstić information content (AvgIpc) is 3.59. The number of carbonyl (C=O) groups excluding carboxylic acids is 2. The molecule has 0 aromatic heterocycles. The summed E-state index contributed by atoms with van der Waals surface area (Å²) in [6, 6.07) is 13.8. The van der Waals surface area contributed by atoms with Crippen molar-refractivity contribution in [2.45, 2.75) is 50.9 Å². The smallest absolute Gasteiger partial charge is 0.265 e. The zero-order valence-corrected chi connectivity index (χ0v) is 17.6. The quantitative estimate of drug-likeness (QED) is 0.774. The lowest BCUT2D eigenvalue weighted by molar-refractivity contribution is -0.122. The number of ether oxygens (including phenoxy) is 2. The molecule has 2 amide bonds. The van der Waals surface area contributed by atoms with E-state index < -0.39 is 6.10 Å². The van der Waals surface area contributed by atoms with Gasteiger partial charge in [-0.25, -0.2) is 0 Å². The molecule has 1 aliphatic carbocycles. The number of nitrogens with zero attached hydrogens (tertiary/aromatic N) is 1. The third kappa shape index (κ3) is 4.45. The van der Waals surface area contributed by atoms with Crippen molar-refractivity contribution in [3.8, 4) is 11.5 Å². The summed E-state index contributed by atoms with van der Waals surface area (Å²) in [4.78, 5) is 26.3. The Kier molecular flexibility index (Phi) is 5.18. The molecular formula is C24H27N3O4. The van der Waals surface area contributed by atoms with E-state index in [0.29, 0.717) is 23.0 Å².